The second-order valence-corrected chi connectivity index (χ2v) is 8.72. The van der Waals surface area contributed by atoms with E-state index in [2.05, 4.69) is 14.9 Å². The van der Waals surface area contributed by atoms with E-state index in [-0.39, 0.29) is 17.3 Å². The minimum Gasteiger partial charge on any atom is -0.496 e. The highest BCUT2D eigenvalue weighted by atomic mass is 32.2. The third-order valence-corrected chi connectivity index (χ3v) is 6.17. The number of rotatable bonds is 7. The van der Waals surface area contributed by atoms with E-state index >= 15 is 0 Å². The van der Waals surface area contributed by atoms with Crippen LogP contribution in [0, 0.1) is 6.92 Å². The lowest BCUT2D eigenvalue weighted by atomic mass is 10.1. The Labute approximate surface area is 180 Å². The lowest BCUT2D eigenvalue weighted by Crippen LogP contribution is -2.23. The average molecular weight is 436 g/mol. The van der Waals surface area contributed by atoms with Crippen LogP contribution in [0.5, 0.6) is 5.75 Å². The molecule has 1 heterocycles. The number of hydrogen-bond acceptors (Lipinski definition) is 6. The van der Waals surface area contributed by atoms with E-state index in [9.17, 15) is 8.42 Å². The van der Waals surface area contributed by atoms with Gasteiger partial charge in [-0.05, 0) is 31.2 Å². The number of sulfonamides is 1. The van der Waals surface area contributed by atoms with Crippen LogP contribution in [-0.2, 0) is 16.6 Å². The van der Waals surface area contributed by atoms with Gasteiger partial charge < -0.3 is 9.26 Å². The maximum Gasteiger partial charge on any atom is 0.258 e. The van der Waals surface area contributed by atoms with E-state index < -0.39 is 10.0 Å². The van der Waals surface area contributed by atoms with Gasteiger partial charge in [0.25, 0.3) is 5.89 Å². The number of nitrogens with zero attached hydrogens (tertiary/aromatic N) is 2. The van der Waals surface area contributed by atoms with Crippen molar-refractivity contribution in [2.45, 2.75) is 18.4 Å². The van der Waals surface area contributed by atoms with Crippen LogP contribution < -0.4 is 9.46 Å². The predicted octanol–water partition coefficient (Wildman–Crippen LogP) is 4.20. The normalized spacial score (nSPS) is 11.4. The van der Waals surface area contributed by atoms with Gasteiger partial charge >= 0.3 is 0 Å². The number of benzene rings is 3. The molecule has 7 nitrogen and oxygen atoms in total. The number of ether oxygens (including phenoxy) is 1. The van der Waals surface area contributed by atoms with Gasteiger partial charge in [0, 0.05) is 23.2 Å². The SMILES string of the molecule is COc1ccccc1CNS(=O)(=O)c1cccc(-c2nc(-c3ccc(C)cc3)no2)c1. The van der Waals surface area contributed by atoms with Crippen molar-refractivity contribution < 1.29 is 17.7 Å². The summed E-state index contributed by atoms with van der Waals surface area (Å²) in [5, 5.41) is 4.01. The summed E-state index contributed by atoms with van der Waals surface area (Å²) in [6.07, 6.45) is 0. The Morgan fingerprint density at radius 2 is 1.74 bits per heavy atom. The second-order valence-electron chi connectivity index (χ2n) is 6.95. The van der Waals surface area contributed by atoms with Crippen LogP contribution in [0.3, 0.4) is 0 Å². The number of hydrogen-bond donors (Lipinski definition) is 1. The molecule has 0 saturated heterocycles. The molecule has 0 fully saturated rings. The van der Waals surface area contributed by atoms with E-state index in [0.717, 1.165) is 16.7 Å². The molecule has 158 valence electrons. The van der Waals surface area contributed by atoms with Gasteiger partial charge in [0.1, 0.15) is 5.75 Å². The van der Waals surface area contributed by atoms with E-state index in [4.69, 9.17) is 9.26 Å². The zero-order valence-electron chi connectivity index (χ0n) is 17.1. The Morgan fingerprint density at radius 3 is 2.52 bits per heavy atom. The van der Waals surface area contributed by atoms with Crippen molar-refractivity contribution >= 4 is 10.0 Å². The molecular formula is C23H21N3O4S. The number of aryl methyl sites for hydroxylation is 1. The van der Waals surface area contributed by atoms with Crippen LogP contribution in [0.4, 0.5) is 0 Å². The molecule has 4 rings (SSSR count). The van der Waals surface area contributed by atoms with Gasteiger partial charge in [-0.2, -0.15) is 4.98 Å². The second kappa shape index (κ2) is 8.71. The molecule has 1 aromatic heterocycles. The van der Waals surface area contributed by atoms with Crippen molar-refractivity contribution in [1.82, 2.24) is 14.9 Å². The monoisotopic (exact) mass is 435 g/mol. The fourth-order valence-corrected chi connectivity index (χ4v) is 4.11. The van der Waals surface area contributed by atoms with Crippen molar-refractivity contribution in [2.75, 3.05) is 7.11 Å². The Morgan fingerprint density at radius 1 is 0.968 bits per heavy atom. The number of para-hydroxylation sites is 1. The standard InChI is InChI=1S/C23H21N3O4S/c1-16-10-12-17(13-11-16)22-25-23(30-26-22)18-7-5-8-20(14-18)31(27,28)24-15-19-6-3-4-9-21(19)29-2/h3-14,24H,15H2,1-2H3. The van der Waals surface area contributed by atoms with Crippen LogP contribution in [0.2, 0.25) is 0 Å². The van der Waals surface area contributed by atoms with Crippen LogP contribution in [0.15, 0.2) is 82.2 Å². The topological polar surface area (TPSA) is 94.3 Å². The third kappa shape index (κ3) is 4.65. The quantitative estimate of drug-likeness (QED) is 0.468. The fourth-order valence-electron chi connectivity index (χ4n) is 3.06. The molecule has 0 bridgehead atoms. The van der Waals surface area contributed by atoms with E-state index in [1.165, 1.54) is 12.1 Å². The predicted molar refractivity (Wildman–Crippen MR) is 117 cm³/mol. The molecule has 31 heavy (non-hydrogen) atoms. The van der Waals surface area contributed by atoms with Crippen LogP contribution in [-0.4, -0.2) is 25.7 Å². The van der Waals surface area contributed by atoms with Crippen molar-refractivity contribution in [3.05, 3.63) is 83.9 Å². The molecule has 0 unspecified atom stereocenters. The molecular weight excluding hydrogens is 414 g/mol. The number of aromatic nitrogens is 2. The largest absolute Gasteiger partial charge is 0.496 e. The van der Waals surface area contributed by atoms with Gasteiger partial charge in [-0.25, -0.2) is 13.1 Å². The minimum absolute atomic E-state index is 0.106. The van der Waals surface area contributed by atoms with E-state index in [1.54, 1.807) is 25.3 Å². The molecule has 8 heteroatoms. The maximum absolute atomic E-state index is 12.8. The maximum atomic E-state index is 12.8. The first-order valence-electron chi connectivity index (χ1n) is 9.59. The number of nitrogens with one attached hydrogen (secondary N) is 1. The highest BCUT2D eigenvalue weighted by Gasteiger charge is 2.18. The summed E-state index contributed by atoms with van der Waals surface area (Å²) in [6, 6.07) is 21.4. The van der Waals surface area contributed by atoms with Crippen LogP contribution in [0.25, 0.3) is 22.8 Å². The summed E-state index contributed by atoms with van der Waals surface area (Å²) in [4.78, 5) is 4.52. The third-order valence-electron chi connectivity index (χ3n) is 4.77. The van der Waals surface area contributed by atoms with Crippen molar-refractivity contribution in [2.24, 2.45) is 0 Å². The zero-order chi connectivity index (χ0) is 21.8. The molecule has 0 aliphatic heterocycles. The van der Waals surface area contributed by atoms with Gasteiger partial charge in [0.2, 0.25) is 15.8 Å². The smallest absolute Gasteiger partial charge is 0.258 e. The summed E-state index contributed by atoms with van der Waals surface area (Å²) in [5.41, 5.74) is 3.21. The first-order chi connectivity index (χ1) is 15.0. The summed E-state index contributed by atoms with van der Waals surface area (Å²) in [6.45, 7) is 2.11. The molecule has 0 radical (unpaired) electrons. The molecule has 1 N–H and O–H groups in total. The molecule has 0 amide bonds. The van der Waals surface area contributed by atoms with Gasteiger partial charge in [-0.3, -0.25) is 0 Å². The molecule has 0 atom stereocenters. The molecule has 0 aliphatic carbocycles. The fraction of sp³-hybridized carbons (Fsp3) is 0.130. The Kier molecular flexibility index (Phi) is 5.83. The molecule has 0 spiro atoms. The molecule has 3 aromatic carbocycles. The first kappa shape index (κ1) is 20.8. The zero-order valence-corrected chi connectivity index (χ0v) is 17.9. The molecule has 0 saturated carbocycles. The van der Waals surface area contributed by atoms with Gasteiger partial charge in [0.15, 0.2) is 0 Å². The Hall–Kier alpha value is -3.49. The lowest BCUT2D eigenvalue weighted by Gasteiger charge is -2.10. The minimum atomic E-state index is -3.76. The van der Waals surface area contributed by atoms with Crippen LogP contribution in [0.1, 0.15) is 11.1 Å². The van der Waals surface area contributed by atoms with Gasteiger partial charge in [-0.1, -0.05) is 59.3 Å². The summed E-state index contributed by atoms with van der Waals surface area (Å²) in [5.74, 6) is 1.31. The highest BCUT2D eigenvalue weighted by Crippen LogP contribution is 2.25. The van der Waals surface area contributed by atoms with Gasteiger partial charge in [-0.15, -0.1) is 0 Å². The first-order valence-corrected chi connectivity index (χ1v) is 11.1. The lowest BCUT2D eigenvalue weighted by molar-refractivity contribution is 0.409. The van der Waals surface area contributed by atoms with Gasteiger partial charge in [0.05, 0.1) is 12.0 Å². The van der Waals surface area contributed by atoms with E-state index in [0.29, 0.717) is 17.1 Å². The van der Waals surface area contributed by atoms with Crippen molar-refractivity contribution in [1.29, 1.82) is 0 Å². The Balaban J connectivity index is 1.56. The Bertz CT molecular complexity index is 1300. The summed E-state index contributed by atoms with van der Waals surface area (Å²) in [7, 11) is -2.21. The molecule has 4 aromatic rings. The van der Waals surface area contributed by atoms with Crippen LogP contribution >= 0.6 is 0 Å². The van der Waals surface area contributed by atoms with E-state index in [1.807, 2.05) is 49.4 Å². The average Bonchev–Trinajstić information content (AvgIpc) is 3.29. The summed E-state index contributed by atoms with van der Waals surface area (Å²) < 4.78 is 38.9. The highest BCUT2D eigenvalue weighted by molar-refractivity contribution is 7.89. The number of methoxy groups -OCH3 is 1. The van der Waals surface area contributed by atoms with Crippen molar-refractivity contribution in [3.8, 4) is 28.6 Å². The summed E-state index contributed by atoms with van der Waals surface area (Å²) >= 11 is 0. The van der Waals surface area contributed by atoms with Crippen molar-refractivity contribution in [3.63, 3.8) is 0 Å². The molecule has 0 aliphatic rings.